The van der Waals surface area contributed by atoms with Crippen LogP contribution in [-0.4, -0.2) is 22.6 Å². The van der Waals surface area contributed by atoms with Crippen LogP contribution in [0, 0.1) is 0 Å². The maximum absolute atomic E-state index is 8.44. The van der Waals surface area contributed by atoms with Crippen molar-refractivity contribution in [1.29, 1.82) is 0 Å². The Labute approximate surface area is 122 Å². The highest BCUT2D eigenvalue weighted by atomic mass is 35.5. The highest BCUT2D eigenvalue weighted by molar-refractivity contribution is 6.35. The van der Waals surface area contributed by atoms with Gasteiger partial charge in [-0.05, 0) is 37.1 Å². The molecule has 2 rings (SSSR count). The third kappa shape index (κ3) is 3.51. The molecule has 1 aromatic heterocycles. The van der Waals surface area contributed by atoms with Crippen molar-refractivity contribution in [2.45, 2.75) is 19.3 Å². The molecule has 5 nitrogen and oxygen atoms in total. The topological polar surface area (TPSA) is 83.5 Å². The van der Waals surface area contributed by atoms with E-state index in [1.54, 1.807) is 6.20 Å². The first-order chi connectivity index (χ1) is 9.72. The van der Waals surface area contributed by atoms with Crippen molar-refractivity contribution in [1.82, 2.24) is 4.98 Å². The molecular formula is C14H17ClN4O. The molecule has 20 heavy (non-hydrogen) atoms. The lowest BCUT2D eigenvalue weighted by Gasteiger charge is -2.09. The summed E-state index contributed by atoms with van der Waals surface area (Å²) in [5.41, 5.74) is 7.25. The van der Waals surface area contributed by atoms with Gasteiger partial charge in [-0.25, -0.2) is 0 Å². The van der Waals surface area contributed by atoms with Gasteiger partial charge in [-0.3, -0.25) is 4.98 Å². The molecule has 0 unspecified atom stereocenters. The van der Waals surface area contributed by atoms with Gasteiger partial charge in [0.05, 0.1) is 16.2 Å². The fourth-order valence-electron chi connectivity index (χ4n) is 1.98. The van der Waals surface area contributed by atoms with E-state index in [4.69, 9.17) is 22.5 Å². The number of halogens is 1. The van der Waals surface area contributed by atoms with Crippen molar-refractivity contribution < 1.29 is 5.21 Å². The smallest absolute Gasteiger partial charge is 0.139 e. The third-order valence-electron chi connectivity index (χ3n) is 3.02. The van der Waals surface area contributed by atoms with Crippen LogP contribution in [0.5, 0.6) is 0 Å². The number of nitrogens with zero attached hydrogens (tertiary/aromatic N) is 2. The SMILES string of the molecule is N/C(CCCCNc1ccc(Cl)c2cccnc12)=N/O. The summed E-state index contributed by atoms with van der Waals surface area (Å²) in [6.07, 6.45) is 4.13. The molecule has 0 saturated heterocycles. The minimum Gasteiger partial charge on any atom is -0.409 e. The van der Waals surface area contributed by atoms with E-state index in [2.05, 4.69) is 15.5 Å². The van der Waals surface area contributed by atoms with Crippen molar-refractivity contribution in [2.75, 3.05) is 11.9 Å². The van der Waals surface area contributed by atoms with E-state index in [1.807, 2.05) is 24.3 Å². The van der Waals surface area contributed by atoms with Crippen LogP contribution < -0.4 is 11.1 Å². The van der Waals surface area contributed by atoms with E-state index in [0.717, 1.165) is 36.0 Å². The molecule has 0 amide bonds. The maximum atomic E-state index is 8.44. The van der Waals surface area contributed by atoms with Crippen LogP contribution in [0.2, 0.25) is 5.02 Å². The van der Waals surface area contributed by atoms with Crippen LogP contribution in [-0.2, 0) is 0 Å². The number of unbranched alkanes of at least 4 members (excludes halogenated alkanes) is 1. The Hall–Kier alpha value is -2.01. The van der Waals surface area contributed by atoms with Crippen molar-refractivity contribution in [3.05, 3.63) is 35.5 Å². The Morgan fingerprint density at radius 1 is 1.35 bits per heavy atom. The summed E-state index contributed by atoms with van der Waals surface area (Å²) < 4.78 is 0. The molecule has 2 aromatic rings. The summed E-state index contributed by atoms with van der Waals surface area (Å²) in [6, 6.07) is 7.62. The van der Waals surface area contributed by atoms with E-state index >= 15 is 0 Å². The molecule has 1 aromatic carbocycles. The Morgan fingerprint density at radius 3 is 3.00 bits per heavy atom. The van der Waals surface area contributed by atoms with Crippen molar-refractivity contribution in [2.24, 2.45) is 10.9 Å². The average Bonchev–Trinajstić information content (AvgIpc) is 2.49. The Morgan fingerprint density at radius 2 is 2.20 bits per heavy atom. The van der Waals surface area contributed by atoms with E-state index in [1.165, 1.54) is 0 Å². The van der Waals surface area contributed by atoms with E-state index in [0.29, 0.717) is 11.4 Å². The van der Waals surface area contributed by atoms with Crippen molar-refractivity contribution in [3.8, 4) is 0 Å². The van der Waals surface area contributed by atoms with Gasteiger partial charge in [0, 0.05) is 24.5 Å². The van der Waals surface area contributed by atoms with Gasteiger partial charge in [0.15, 0.2) is 0 Å². The van der Waals surface area contributed by atoms with Crippen molar-refractivity contribution in [3.63, 3.8) is 0 Å². The second-order valence-electron chi connectivity index (χ2n) is 4.47. The highest BCUT2D eigenvalue weighted by Crippen LogP contribution is 2.27. The van der Waals surface area contributed by atoms with E-state index in [9.17, 15) is 0 Å². The first-order valence-electron chi connectivity index (χ1n) is 6.46. The summed E-state index contributed by atoms with van der Waals surface area (Å²) in [5.74, 6) is 0.267. The number of rotatable bonds is 6. The Balaban J connectivity index is 1.95. The fourth-order valence-corrected chi connectivity index (χ4v) is 2.20. The Kier molecular flexibility index (Phi) is 5.01. The Bertz CT molecular complexity index is 615. The molecule has 0 radical (unpaired) electrons. The molecule has 0 aliphatic heterocycles. The summed E-state index contributed by atoms with van der Waals surface area (Å²) in [7, 11) is 0. The van der Waals surface area contributed by atoms with E-state index in [-0.39, 0.29) is 5.84 Å². The molecule has 4 N–H and O–H groups in total. The van der Waals surface area contributed by atoms with Gasteiger partial charge >= 0.3 is 0 Å². The summed E-state index contributed by atoms with van der Waals surface area (Å²) in [5, 5.41) is 16.4. The minimum atomic E-state index is 0.267. The summed E-state index contributed by atoms with van der Waals surface area (Å²) >= 11 is 6.15. The molecule has 6 heteroatoms. The van der Waals surface area contributed by atoms with Crippen LogP contribution in [0.15, 0.2) is 35.6 Å². The van der Waals surface area contributed by atoms with Gasteiger partial charge in [0.1, 0.15) is 5.84 Å². The van der Waals surface area contributed by atoms with Crippen LogP contribution in [0.3, 0.4) is 0 Å². The lowest BCUT2D eigenvalue weighted by Crippen LogP contribution is -2.12. The maximum Gasteiger partial charge on any atom is 0.139 e. The zero-order valence-electron chi connectivity index (χ0n) is 11.0. The van der Waals surface area contributed by atoms with E-state index < -0.39 is 0 Å². The molecule has 0 spiro atoms. The second-order valence-corrected chi connectivity index (χ2v) is 4.88. The van der Waals surface area contributed by atoms with Gasteiger partial charge in [-0.1, -0.05) is 16.8 Å². The standard InChI is InChI=1S/C14H17ClN4O/c15-11-6-7-12(14-10(11)4-3-9-18-14)17-8-2-1-5-13(16)19-20/h3-4,6-7,9,17,20H,1-2,5,8H2,(H2,16,19). The molecular weight excluding hydrogens is 276 g/mol. The molecule has 106 valence electrons. The molecule has 0 atom stereocenters. The van der Waals surface area contributed by atoms with Gasteiger partial charge in [-0.2, -0.15) is 0 Å². The number of fused-ring (bicyclic) bond motifs is 1. The number of aromatic nitrogens is 1. The molecule has 0 bridgehead atoms. The highest BCUT2D eigenvalue weighted by Gasteiger charge is 2.04. The number of nitrogens with one attached hydrogen (secondary N) is 1. The second kappa shape index (κ2) is 6.96. The first kappa shape index (κ1) is 14.4. The van der Waals surface area contributed by atoms with Gasteiger partial charge in [-0.15, -0.1) is 0 Å². The monoisotopic (exact) mass is 292 g/mol. The zero-order valence-corrected chi connectivity index (χ0v) is 11.8. The average molecular weight is 293 g/mol. The number of pyridine rings is 1. The number of oxime groups is 1. The van der Waals surface area contributed by atoms with Crippen LogP contribution in [0.1, 0.15) is 19.3 Å². The molecule has 0 fully saturated rings. The van der Waals surface area contributed by atoms with Crippen LogP contribution in [0.25, 0.3) is 10.9 Å². The number of anilines is 1. The predicted molar refractivity (Wildman–Crippen MR) is 82.5 cm³/mol. The lowest BCUT2D eigenvalue weighted by atomic mass is 10.2. The fraction of sp³-hybridized carbons (Fsp3) is 0.286. The van der Waals surface area contributed by atoms with Gasteiger partial charge < -0.3 is 16.3 Å². The quantitative estimate of drug-likeness (QED) is 0.251. The first-order valence-corrected chi connectivity index (χ1v) is 6.83. The van der Waals surface area contributed by atoms with Crippen LogP contribution in [0.4, 0.5) is 5.69 Å². The number of nitrogens with two attached hydrogens (primary N) is 1. The largest absolute Gasteiger partial charge is 0.409 e. The molecule has 0 aliphatic carbocycles. The number of hydrogen-bond donors (Lipinski definition) is 3. The third-order valence-corrected chi connectivity index (χ3v) is 3.35. The predicted octanol–water partition coefficient (Wildman–Crippen LogP) is 3.22. The number of amidine groups is 1. The molecule has 0 aliphatic rings. The van der Waals surface area contributed by atoms with Crippen molar-refractivity contribution >= 4 is 34.0 Å². The van der Waals surface area contributed by atoms with Gasteiger partial charge in [0.25, 0.3) is 0 Å². The lowest BCUT2D eigenvalue weighted by molar-refractivity contribution is 0.316. The minimum absolute atomic E-state index is 0.267. The number of hydrogen-bond acceptors (Lipinski definition) is 4. The summed E-state index contributed by atoms with van der Waals surface area (Å²) in [6.45, 7) is 0.798. The summed E-state index contributed by atoms with van der Waals surface area (Å²) in [4.78, 5) is 4.36. The molecule has 1 heterocycles. The molecule has 0 saturated carbocycles. The van der Waals surface area contributed by atoms with Crippen LogP contribution >= 0.6 is 11.6 Å². The normalized spacial score (nSPS) is 11.8. The van der Waals surface area contributed by atoms with Gasteiger partial charge in [0.2, 0.25) is 0 Å². The number of benzene rings is 1. The zero-order chi connectivity index (χ0) is 14.4.